The molecule has 124 valence electrons. The molecule has 1 N–H and O–H groups in total. The molecule has 2 aliphatic rings. The Hall–Kier alpha value is -0.0800. The summed E-state index contributed by atoms with van der Waals surface area (Å²) in [6.07, 6.45) is 9.72. The molecule has 2 rings (SSSR count). The minimum Gasteiger partial charge on any atom is -0.312 e. The molecule has 0 aliphatic heterocycles. The summed E-state index contributed by atoms with van der Waals surface area (Å²) in [4.78, 5) is 2.78. The Balaban J connectivity index is 2.04. The SMILES string of the molecule is CCCNC1CC(C)CC(C)C1N(C)C1CCCC(C)C1. The van der Waals surface area contributed by atoms with E-state index in [0.29, 0.717) is 6.04 Å². The lowest BCUT2D eigenvalue weighted by atomic mass is 9.74. The van der Waals surface area contributed by atoms with Crippen LogP contribution in [-0.2, 0) is 0 Å². The summed E-state index contributed by atoms with van der Waals surface area (Å²) in [5, 5.41) is 3.87. The summed E-state index contributed by atoms with van der Waals surface area (Å²) < 4.78 is 0. The van der Waals surface area contributed by atoms with E-state index in [-0.39, 0.29) is 0 Å². The van der Waals surface area contributed by atoms with Gasteiger partial charge in [0, 0.05) is 18.1 Å². The second kappa shape index (κ2) is 7.97. The molecular formula is C19H38N2. The molecule has 0 amide bonds. The minimum absolute atomic E-state index is 0.700. The first kappa shape index (κ1) is 17.3. The molecule has 0 saturated heterocycles. The van der Waals surface area contributed by atoms with Gasteiger partial charge in [-0.15, -0.1) is 0 Å². The highest BCUT2D eigenvalue weighted by atomic mass is 15.2. The molecule has 0 radical (unpaired) electrons. The number of nitrogens with zero attached hydrogens (tertiary/aromatic N) is 1. The van der Waals surface area contributed by atoms with Crippen molar-refractivity contribution in [3.63, 3.8) is 0 Å². The smallest absolute Gasteiger partial charge is 0.0274 e. The highest BCUT2D eigenvalue weighted by Gasteiger charge is 2.38. The van der Waals surface area contributed by atoms with Gasteiger partial charge in [-0.1, -0.05) is 40.5 Å². The molecule has 6 unspecified atom stereocenters. The van der Waals surface area contributed by atoms with E-state index in [2.05, 4.69) is 45.0 Å². The third kappa shape index (κ3) is 4.45. The highest BCUT2D eigenvalue weighted by Crippen LogP contribution is 2.36. The van der Waals surface area contributed by atoms with Gasteiger partial charge in [-0.3, -0.25) is 4.90 Å². The molecule has 2 saturated carbocycles. The highest BCUT2D eigenvalue weighted by molar-refractivity contribution is 4.95. The Kier molecular flexibility index (Phi) is 6.55. The predicted octanol–water partition coefficient (Wildman–Crippen LogP) is 4.30. The molecule has 2 aliphatic carbocycles. The standard InChI is InChI=1S/C19H38N2/c1-6-10-20-18-13-15(3)11-16(4)19(18)21(5)17-9-7-8-14(2)12-17/h14-20H,6-13H2,1-5H3. The van der Waals surface area contributed by atoms with Crippen LogP contribution >= 0.6 is 0 Å². The van der Waals surface area contributed by atoms with E-state index in [0.717, 1.165) is 29.8 Å². The molecule has 21 heavy (non-hydrogen) atoms. The molecule has 0 bridgehead atoms. The minimum atomic E-state index is 0.700. The van der Waals surface area contributed by atoms with Gasteiger partial charge in [-0.05, 0) is 63.5 Å². The molecule has 2 heteroatoms. The Morgan fingerprint density at radius 1 is 1.00 bits per heavy atom. The predicted molar refractivity (Wildman–Crippen MR) is 92.6 cm³/mol. The van der Waals surface area contributed by atoms with E-state index < -0.39 is 0 Å². The first-order valence-electron chi connectivity index (χ1n) is 9.48. The van der Waals surface area contributed by atoms with Crippen LogP contribution in [0.3, 0.4) is 0 Å². The maximum absolute atomic E-state index is 3.87. The molecule has 0 aromatic carbocycles. The molecule has 0 aromatic rings. The van der Waals surface area contributed by atoms with Crippen LogP contribution < -0.4 is 5.32 Å². The molecular weight excluding hydrogens is 256 g/mol. The number of hydrogen-bond acceptors (Lipinski definition) is 2. The summed E-state index contributed by atoms with van der Waals surface area (Å²) in [5.74, 6) is 2.63. The third-order valence-corrected chi connectivity index (χ3v) is 6.04. The summed E-state index contributed by atoms with van der Waals surface area (Å²) in [6.45, 7) is 10.8. The summed E-state index contributed by atoms with van der Waals surface area (Å²) >= 11 is 0. The fraction of sp³-hybridized carbons (Fsp3) is 1.00. The summed E-state index contributed by atoms with van der Waals surface area (Å²) in [6, 6.07) is 2.26. The second-order valence-electron chi connectivity index (χ2n) is 8.20. The zero-order chi connectivity index (χ0) is 15.4. The lowest BCUT2D eigenvalue weighted by Crippen LogP contribution is -2.58. The van der Waals surface area contributed by atoms with Gasteiger partial charge in [0.1, 0.15) is 0 Å². The Morgan fingerprint density at radius 2 is 1.76 bits per heavy atom. The third-order valence-electron chi connectivity index (χ3n) is 6.04. The van der Waals surface area contributed by atoms with Gasteiger partial charge in [-0.25, -0.2) is 0 Å². The van der Waals surface area contributed by atoms with Crippen molar-refractivity contribution in [3.05, 3.63) is 0 Å². The van der Waals surface area contributed by atoms with Crippen molar-refractivity contribution in [1.29, 1.82) is 0 Å². The van der Waals surface area contributed by atoms with E-state index >= 15 is 0 Å². The summed E-state index contributed by atoms with van der Waals surface area (Å²) in [7, 11) is 2.42. The zero-order valence-electron chi connectivity index (χ0n) is 15.1. The first-order chi connectivity index (χ1) is 10.0. The average molecular weight is 295 g/mol. The van der Waals surface area contributed by atoms with Gasteiger partial charge in [-0.2, -0.15) is 0 Å². The van der Waals surface area contributed by atoms with Crippen molar-refractivity contribution in [2.24, 2.45) is 17.8 Å². The van der Waals surface area contributed by atoms with Crippen LogP contribution in [0.25, 0.3) is 0 Å². The Labute approximate surface area is 133 Å². The fourth-order valence-corrected chi connectivity index (χ4v) is 5.07. The van der Waals surface area contributed by atoms with Gasteiger partial charge in [0.2, 0.25) is 0 Å². The zero-order valence-corrected chi connectivity index (χ0v) is 15.1. The fourth-order valence-electron chi connectivity index (χ4n) is 5.07. The molecule has 6 atom stereocenters. The quantitative estimate of drug-likeness (QED) is 0.813. The van der Waals surface area contributed by atoms with Gasteiger partial charge in [0.05, 0.1) is 0 Å². The number of rotatable bonds is 5. The van der Waals surface area contributed by atoms with Crippen LogP contribution in [-0.4, -0.2) is 36.6 Å². The largest absolute Gasteiger partial charge is 0.312 e. The van der Waals surface area contributed by atoms with Crippen molar-refractivity contribution in [2.45, 2.75) is 90.8 Å². The van der Waals surface area contributed by atoms with Crippen LogP contribution in [0.4, 0.5) is 0 Å². The van der Waals surface area contributed by atoms with Gasteiger partial charge >= 0.3 is 0 Å². The number of nitrogens with one attached hydrogen (secondary N) is 1. The van der Waals surface area contributed by atoms with Gasteiger partial charge < -0.3 is 5.32 Å². The van der Waals surface area contributed by atoms with Crippen molar-refractivity contribution in [3.8, 4) is 0 Å². The van der Waals surface area contributed by atoms with E-state index in [1.165, 1.54) is 51.5 Å². The molecule has 2 nitrogen and oxygen atoms in total. The van der Waals surface area contributed by atoms with Crippen LogP contribution in [0, 0.1) is 17.8 Å². The Bertz CT molecular complexity index is 304. The van der Waals surface area contributed by atoms with Crippen molar-refractivity contribution < 1.29 is 0 Å². The van der Waals surface area contributed by atoms with Gasteiger partial charge in [0.25, 0.3) is 0 Å². The normalized spacial score (nSPS) is 41.4. The summed E-state index contributed by atoms with van der Waals surface area (Å²) in [5.41, 5.74) is 0. The molecule has 0 aromatic heterocycles. The van der Waals surface area contributed by atoms with Crippen molar-refractivity contribution in [2.75, 3.05) is 13.6 Å². The second-order valence-corrected chi connectivity index (χ2v) is 8.20. The first-order valence-corrected chi connectivity index (χ1v) is 9.48. The Morgan fingerprint density at radius 3 is 2.43 bits per heavy atom. The van der Waals surface area contributed by atoms with Crippen LogP contribution in [0.5, 0.6) is 0 Å². The van der Waals surface area contributed by atoms with Crippen molar-refractivity contribution >= 4 is 0 Å². The molecule has 0 heterocycles. The lowest BCUT2D eigenvalue weighted by Gasteiger charge is -2.48. The maximum atomic E-state index is 3.87. The van der Waals surface area contributed by atoms with E-state index in [1.807, 2.05) is 0 Å². The van der Waals surface area contributed by atoms with E-state index in [1.54, 1.807) is 0 Å². The van der Waals surface area contributed by atoms with Crippen LogP contribution in [0.1, 0.15) is 72.6 Å². The maximum Gasteiger partial charge on any atom is 0.0274 e. The van der Waals surface area contributed by atoms with E-state index in [9.17, 15) is 0 Å². The average Bonchev–Trinajstić information content (AvgIpc) is 2.44. The molecule has 2 fully saturated rings. The monoisotopic (exact) mass is 294 g/mol. The lowest BCUT2D eigenvalue weighted by molar-refractivity contribution is 0.0311. The van der Waals surface area contributed by atoms with Crippen LogP contribution in [0.2, 0.25) is 0 Å². The number of likely N-dealkylation sites (N-methyl/N-ethyl adjacent to an activating group) is 1. The topological polar surface area (TPSA) is 15.3 Å². The van der Waals surface area contributed by atoms with Gasteiger partial charge in [0.15, 0.2) is 0 Å². The molecule has 0 spiro atoms. The van der Waals surface area contributed by atoms with Crippen molar-refractivity contribution in [1.82, 2.24) is 10.2 Å². The van der Waals surface area contributed by atoms with Crippen LogP contribution in [0.15, 0.2) is 0 Å². The van der Waals surface area contributed by atoms with E-state index in [4.69, 9.17) is 0 Å². The number of hydrogen-bond donors (Lipinski definition) is 1.